The standard InChI is InChI=1S/C16H30N6O/c1-4-22-12-19-20-15(22)9-18-16(23)17-6-5-7-21-10-13(2)8-14(3)11-21/h12-14H,4-11H2,1-3H3,(H2,17,18,23)/t13-,14+. The Hall–Kier alpha value is -1.63. The van der Waals surface area contributed by atoms with E-state index in [4.69, 9.17) is 0 Å². The van der Waals surface area contributed by atoms with Gasteiger partial charge < -0.3 is 20.1 Å². The molecule has 7 nitrogen and oxygen atoms in total. The number of carbonyl (C=O) groups is 1. The number of urea groups is 1. The summed E-state index contributed by atoms with van der Waals surface area (Å²) in [6.07, 6.45) is 3.99. The van der Waals surface area contributed by atoms with Gasteiger partial charge in [0.15, 0.2) is 5.82 Å². The maximum Gasteiger partial charge on any atom is 0.315 e. The van der Waals surface area contributed by atoms with Crippen molar-refractivity contribution in [3.63, 3.8) is 0 Å². The van der Waals surface area contributed by atoms with Crippen LogP contribution >= 0.6 is 0 Å². The van der Waals surface area contributed by atoms with Gasteiger partial charge >= 0.3 is 6.03 Å². The van der Waals surface area contributed by atoms with Crippen LogP contribution in [0.25, 0.3) is 0 Å². The van der Waals surface area contributed by atoms with Crippen LogP contribution < -0.4 is 10.6 Å². The molecule has 0 radical (unpaired) electrons. The van der Waals surface area contributed by atoms with Gasteiger partial charge in [0, 0.05) is 26.2 Å². The molecule has 2 heterocycles. The zero-order valence-corrected chi connectivity index (χ0v) is 14.6. The van der Waals surface area contributed by atoms with Crippen LogP contribution in [0.15, 0.2) is 6.33 Å². The monoisotopic (exact) mass is 322 g/mol. The molecule has 1 aromatic heterocycles. The van der Waals surface area contributed by atoms with Crippen molar-refractivity contribution in [1.29, 1.82) is 0 Å². The largest absolute Gasteiger partial charge is 0.338 e. The molecule has 0 aromatic carbocycles. The maximum absolute atomic E-state index is 11.8. The number of aromatic nitrogens is 3. The molecule has 1 aliphatic rings. The summed E-state index contributed by atoms with van der Waals surface area (Å²) in [4.78, 5) is 14.3. The van der Waals surface area contributed by atoms with Crippen LogP contribution in [-0.2, 0) is 13.1 Å². The van der Waals surface area contributed by atoms with E-state index in [1.807, 2.05) is 11.5 Å². The van der Waals surface area contributed by atoms with Gasteiger partial charge in [-0.2, -0.15) is 0 Å². The lowest BCUT2D eigenvalue weighted by Crippen LogP contribution is -2.41. The summed E-state index contributed by atoms with van der Waals surface area (Å²) in [6, 6.07) is -0.143. The van der Waals surface area contributed by atoms with Crippen LogP contribution in [0.1, 0.15) is 39.4 Å². The molecule has 1 aliphatic heterocycles. The summed E-state index contributed by atoms with van der Waals surface area (Å²) in [5.41, 5.74) is 0. The summed E-state index contributed by atoms with van der Waals surface area (Å²) in [6.45, 7) is 12.0. The lowest BCUT2D eigenvalue weighted by Gasteiger charge is -2.34. The first-order valence-corrected chi connectivity index (χ1v) is 8.69. The third-order valence-corrected chi connectivity index (χ3v) is 4.32. The minimum atomic E-state index is -0.143. The molecule has 2 N–H and O–H groups in total. The van der Waals surface area contributed by atoms with Gasteiger partial charge in [0.2, 0.25) is 0 Å². The number of likely N-dealkylation sites (tertiary alicyclic amines) is 1. The molecule has 0 unspecified atom stereocenters. The number of hydrogen-bond donors (Lipinski definition) is 2. The molecule has 1 aromatic rings. The molecule has 1 saturated heterocycles. The molecule has 2 amide bonds. The summed E-state index contributed by atoms with van der Waals surface area (Å²) in [5, 5.41) is 13.6. The SMILES string of the molecule is CCn1cnnc1CNC(=O)NCCCN1C[C@H](C)C[C@H](C)C1. The summed E-state index contributed by atoms with van der Waals surface area (Å²) < 4.78 is 1.92. The van der Waals surface area contributed by atoms with Gasteiger partial charge in [0.25, 0.3) is 0 Å². The molecule has 2 rings (SSSR count). The average molecular weight is 322 g/mol. The van der Waals surface area contributed by atoms with Crippen LogP contribution in [-0.4, -0.2) is 51.9 Å². The van der Waals surface area contributed by atoms with Crippen molar-refractivity contribution < 1.29 is 4.79 Å². The van der Waals surface area contributed by atoms with Crippen molar-refractivity contribution in [3.05, 3.63) is 12.2 Å². The van der Waals surface area contributed by atoms with Crippen LogP contribution in [0, 0.1) is 11.8 Å². The van der Waals surface area contributed by atoms with E-state index in [0.29, 0.717) is 13.1 Å². The molecule has 0 saturated carbocycles. The van der Waals surface area contributed by atoms with Crippen molar-refractivity contribution in [2.75, 3.05) is 26.2 Å². The minimum absolute atomic E-state index is 0.143. The number of nitrogens with zero attached hydrogens (tertiary/aromatic N) is 4. The second-order valence-electron chi connectivity index (χ2n) is 6.70. The number of aryl methyl sites for hydroxylation is 1. The molecular formula is C16H30N6O. The molecular weight excluding hydrogens is 292 g/mol. The van der Waals surface area contributed by atoms with Gasteiger partial charge in [-0.05, 0) is 38.1 Å². The van der Waals surface area contributed by atoms with E-state index in [1.165, 1.54) is 19.5 Å². The number of carbonyl (C=O) groups excluding carboxylic acids is 1. The van der Waals surface area contributed by atoms with Crippen LogP contribution in [0.2, 0.25) is 0 Å². The third kappa shape index (κ3) is 5.82. The predicted octanol–water partition coefficient (Wildman–Crippen LogP) is 1.47. The fourth-order valence-electron chi connectivity index (χ4n) is 3.38. The molecule has 0 aliphatic carbocycles. The second-order valence-corrected chi connectivity index (χ2v) is 6.70. The molecule has 0 bridgehead atoms. The molecule has 130 valence electrons. The molecule has 23 heavy (non-hydrogen) atoms. The summed E-state index contributed by atoms with van der Waals surface area (Å²) in [5.74, 6) is 2.34. The topological polar surface area (TPSA) is 75.1 Å². The molecule has 2 atom stereocenters. The Morgan fingerprint density at radius 3 is 2.74 bits per heavy atom. The Balaban J connectivity index is 1.58. The fraction of sp³-hybridized carbons (Fsp3) is 0.812. The average Bonchev–Trinajstić information content (AvgIpc) is 2.96. The number of nitrogens with one attached hydrogen (secondary N) is 2. The van der Waals surface area contributed by atoms with Crippen molar-refractivity contribution in [2.45, 2.75) is 46.7 Å². The lowest BCUT2D eigenvalue weighted by atomic mass is 9.92. The van der Waals surface area contributed by atoms with E-state index >= 15 is 0 Å². The van der Waals surface area contributed by atoms with Crippen molar-refractivity contribution in [1.82, 2.24) is 30.3 Å². The van der Waals surface area contributed by atoms with Gasteiger partial charge in [0.05, 0.1) is 6.54 Å². The zero-order chi connectivity index (χ0) is 16.7. The zero-order valence-electron chi connectivity index (χ0n) is 14.6. The Kier molecular flexibility index (Phi) is 6.83. The van der Waals surface area contributed by atoms with Gasteiger partial charge in [-0.25, -0.2) is 4.79 Å². The fourth-order valence-corrected chi connectivity index (χ4v) is 3.38. The number of rotatable bonds is 7. The molecule has 1 fully saturated rings. The van der Waals surface area contributed by atoms with Gasteiger partial charge in [-0.15, -0.1) is 10.2 Å². The molecule has 0 spiro atoms. The normalized spacial score (nSPS) is 22.0. The Bertz CT molecular complexity index is 479. The van der Waals surface area contributed by atoms with E-state index in [2.05, 4.69) is 39.6 Å². The van der Waals surface area contributed by atoms with E-state index in [9.17, 15) is 4.79 Å². The van der Waals surface area contributed by atoms with Crippen molar-refractivity contribution in [3.8, 4) is 0 Å². The van der Waals surface area contributed by atoms with Crippen LogP contribution in [0.3, 0.4) is 0 Å². The highest BCUT2D eigenvalue weighted by Gasteiger charge is 2.20. The van der Waals surface area contributed by atoms with Gasteiger partial charge in [-0.3, -0.25) is 0 Å². The van der Waals surface area contributed by atoms with E-state index in [0.717, 1.165) is 37.2 Å². The van der Waals surface area contributed by atoms with Crippen molar-refractivity contribution in [2.24, 2.45) is 11.8 Å². The predicted molar refractivity (Wildman–Crippen MR) is 89.9 cm³/mol. The Morgan fingerprint density at radius 2 is 2.04 bits per heavy atom. The third-order valence-electron chi connectivity index (χ3n) is 4.32. The Morgan fingerprint density at radius 1 is 1.30 bits per heavy atom. The number of piperidine rings is 1. The van der Waals surface area contributed by atoms with Gasteiger partial charge in [-0.1, -0.05) is 13.8 Å². The van der Waals surface area contributed by atoms with E-state index < -0.39 is 0 Å². The van der Waals surface area contributed by atoms with Gasteiger partial charge in [0.1, 0.15) is 6.33 Å². The smallest absolute Gasteiger partial charge is 0.315 e. The van der Waals surface area contributed by atoms with Crippen molar-refractivity contribution >= 4 is 6.03 Å². The highest BCUT2D eigenvalue weighted by atomic mass is 16.2. The van der Waals surface area contributed by atoms with Crippen LogP contribution in [0.5, 0.6) is 0 Å². The highest BCUT2D eigenvalue weighted by molar-refractivity contribution is 5.73. The second kappa shape index (κ2) is 8.86. The Labute approximate surface area is 138 Å². The quantitative estimate of drug-likeness (QED) is 0.745. The number of hydrogen-bond acceptors (Lipinski definition) is 4. The van der Waals surface area contributed by atoms with E-state index in [-0.39, 0.29) is 6.03 Å². The highest BCUT2D eigenvalue weighted by Crippen LogP contribution is 2.20. The van der Waals surface area contributed by atoms with E-state index in [1.54, 1.807) is 6.33 Å². The maximum atomic E-state index is 11.8. The first-order valence-electron chi connectivity index (χ1n) is 8.69. The first-order chi connectivity index (χ1) is 11.1. The summed E-state index contributed by atoms with van der Waals surface area (Å²) in [7, 11) is 0. The molecule has 7 heteroatoms. The van der Waals surface area contributed by atoms with Crippen LogP contribution in [0.4, 0.5) is 4.79 Å². The minimum Gasteiger partial charge on any atom is -0.338 e. The lowest BCUT2D eigenvalue weighted by molar-refractivity contribution is 0.139. The number of amides is 2. The first kappa shape index (κ1) is 17.7. The summed E-state index contributed by atoms with van der Waals surface area (Å²) >= 11 is 0.